The number of aliphatic carboxylic acids is 1. The van der Waals surface area contributed by atoms with Crippen molar-refractivity contribution in [3.05, 3.63) is 35.4 Å². The molecule has 10 nitrogen and oxygen atoms in total. The minimum absolute atomic E-state index is 0.0809. The summed E-state index contributed by atoms with van der Waals surface area (Å²) in [5.74, 6) is -1.74. The van der Waals surface area contributed by atoms with Crippen LogP contribution in [0.2, 0.25) is 0 Å². The van der Waals surface area contributed by atoms with Crippen molar-refractivity contribution in [1.82, 2.24) is 10.2 Å². The van der Waals surface area contributed by atoms with Crippen LogP contribution in [0.15, 0.2) is 24.3 Å². The summed E-state index contributed by atoms with van der Waals surface area (Å²) >= 11 is 0. The third kappa shape index (κ3) is 7.82. The number of ketones is 1. The lowest BCUT2D eigenvalue weighted by Gasteiger charge is -2.33. The largest absolute Gasteiger partial charge is 0.480 e. The first-order valence-corrected chi connectivity index (χ1v) is 9.98. The molecule has 0 aromatic heterocycles. The Kier molecular flexibility index (Phi) is 9.13. The van der Waals surface area contributed by atoms with Gasteiger partial charge in [-0.05, 0) is 18.4 Å². The van der Waals surface area contributed by atoms with Crippen molar-refractivity contribution in [3.63, 3.8) is 0 Å². The smallest absolute Gasteiger partial charge is 0.413 e. The summed E-state index contributed by atoms with van der Waals surface area (Å²) in [5, 5.41) is 17.8. The number of nitrogens with one attached hydrogen (secondary N) is 2. The number of ether oxygens (including phenoxy) is 2. The second-order valence-electron chi connectivity index (χ2n) is 7.33. The second kappa shape index (κ2) is 11.8. The zero-order valence-electron chi connectivity index (χ0n) is 17.3. The summed E-state index contributed by atoms with van der Waals surface area (Å²) in [6.45, 7) is 2.53. The molecule has 3 N–H and O–H groups in total. The average Bonchev–Trinajstić information content (AvgIpc) is 2.76. The van der Waals surface area contributed by atoms with Crippen molar-refractivity contribution in [2.45, 2.75) is 38.8 Å². The molecule has 0 bridgehead atoms. The zero-order chi connectivity index (χ0) is 22.8. The van der Waals surface area contributed by atoms with Crippen LogP contribution in [-0.2, 0) is 25.6 Å². The molecule has 10 heteroatoms. The van der Waals surface area contributed by atoms with E-state index < -0.39 is 18.0 Å². The Balaban J connectivity index is 1.79. The predicted octanol–water partition coefficient (Wildman–Crippen LogP) is 1.82. The molecule has 1 aromatic carbocycles. The first-order valence-electron chi connectivity index (χ1n) is 9.98. The van der Waals surface area contributed by atoms with E-state index in [2.05, 4.69) is 10.1 Å². The molecule has 1 aromatic rings. The van der Waals surface area contributed by atoms with E-state index in [1.165, 1.54) is 0 Å². The highest BCUT2D eigenvalue weighted by atomic mass is 16.5. The number of carbonyl (C=O) groups excluding carboxylic acids is 3. The molecule has 0 radical (unpaired) electrons. The Morgan fingerprint density at radius 1 is 1.23 bits per heavy atom. The van der Waals surface area contributed by atoms with Gasteiger partial charge in [-0.25, -0.2) is 9.59 Å². The zero-order valence-corrected chi connectivity index (χ0v) is 17.3. The lowest BCUT2D eigenvalue weighted by molar-refractivity contribution is -0.147. The van der Waals surface area contributed by atoms with Gasteiger partial charge >= 0.3 is 12.1 Å². The molecule has 1 atom stereocenters. The Morgan fingerprint density at radius 2 is 1.87 bits per heavy atom. The fourth-order valence-corrected chi connectivity index (χ4v) is 3.30. The molecule has 2 rings (SSSR count). The van der Waals surface area contributed by atoms with Gasteiger partial charge in [-0.1, -0.05) is 31.2 Å². The van der Waals surface area contributed by atoms with Crippen LogP contribution >= 0.6 is 0 Å². The minimum Gasteiger partial charge on any atom is -0.480 e. The number of hydrogen-bond donors (Lipinski definition) is 3. The molecular formula is C21H27N3O7. The van der Waals surface area contributed by atoms with Crippen molar-refractivity contribution in [3.8, 4) is 0 Å². The summed E-state index contributed by atoms with van der Waals surface area (Å²) < 4.78 is 9.62. The van der Waals surface area contributed by atoms with Gasteiger partial charge in [0.2, 0.25) is 5.91 Å². The third-order valence-electron chi connectivity index (χ3n) is 4.99. The van der Waals surface area contributed by atoms with E-state index in [0.29, 0.717) is 37.9 Å². The molecule has 0 unspecified atom stereocenters. The van der Waals surface area contributed by atoms with Crippen LogP contribution in [0, 0.1) is 11.3 Å². The van der Waals surface area contributed by atoms with Gasteiger partial charge in [0, 0.05) is 37.5 Å². The molecule has 0 aliphatic carbocycles. The quantitative estimate of drug-likeness (QED) is 0.290. The van der Waals surface area contributed by atoms with E-state index in [9.17, 15) is 19.2 Å². The number of Topliss-reactive ketones (excluding diaryl/α,β-unsaturated/α-hetero) is 1. The van der Waals surface area contributed by atoms with Gasteiger partial charge in [-0.2, -0.15) is 0 Å². The molecule has 31 heavy (non-hydrogen) atoms. The number of benzene rings is 1. The SMILES string of the molecule is C[C@H](CC(=O)c1ccc(CNC(=O)OC=N)cc1)C(=O)N1CCC(OCC(=O)O)CC1. The number of alkyl carbamates (subject to hydrolysis) is 1. The van der Waals surface area contributed by atoms with Crippen LogP contribution in [0.5, 0.6) is 0 Å². The maximum atomic E-state index is 12.7. The highest BCUT2D eigenvalue weighted by Gasteiger charge is 2.28. The number of carbonyl (C=O) groups is 4. The molecule has 0 saturated carbocycles. The molecule has 2 amide bonds. The van der Waals surface area contributed by atoms with E-state index in [1.807, 2.05) is 0 Å². The molecule has 0 spiro atoms. The Labute approximate surface area is 180 Å². The fourth-order valence-electron chi connectivity index (χ4n) is 3.30. The van der Waals surface area contributed by atoms with E-state index in [-0.39, 0.29) is 37.4 Å². The number of hydrogen-bond acceptors (Lipinski definition) is 7. The third-order valence-corrected chi connectivity index (χ3v) is 4.99. The van der Waals surface area contributed by atoms with Crippen LogP contribution in [0.4, 0.5) is 4.79 Å². The second-order valence-corrected chi connectivity index (χ2v) is 7.33. The highest BCUT2D eigenvalue weighted by molar-refractivity contribution is 5.98. The monoisotopic (exact) mass is 433 g/mol. The van der Waals surface area contributed by atoms with Crippen molar-refractivity contribution in [1.29, 1.82) is 5.41 Å². The van der Waals surface area contributed by atoms with Crippen LogP contribution < -0.4 is 5.32 Å². The van der Waals surface area contributed by atoms with E-state index in [4.69, 9.17) is 15.3 Å². The molecule has 1 fully saturated rings. The first-order chi connectivity index (χ1) is 14.8. The normalized spacial score (nSPS) is 15.1. The van der Waals surface area contributed by atoms with Crippen molar-refractivity contribution in [2.24, 2.45) is 5.92 Å². The van der Waals surface area contributed by atoms with Crippen molar-refractivity contribution < 1.29 is 33.8 Å². The number of amides is 2. The number of rotatable bonds is 10. The summed E-state index contributed by atoms with van der Waals surface area (Å²) in [7, 11) is 0. The number of piperidine rings is 1. The number of carboxylic acids is 1. The first kappa shape index (κ1) is 24.0. The van der Waals surface area contributed by atoms with Crippen LogP contribution in [-0.4, -0.2) is 66.0 Å². The van der Waals surface area contributed by atoms with Crippen LogP contribution in [0.25, 0.3) is 0 Å². The Hall–Kier alpha value is -3.27. The molecule has 1 heterocycles. The number of carboxylic acid groups (broad SMARTS) is 1. The van der Waals surface area contributed by atoms with Gasteiger partial charge in [0.15, 0.2) is 12.2 Å². The average molecular weight is 433 g/mol. The summed E-state index contributed by atoms with van der Waals surface area (Å²) in [4.78, 5) is 48.7. The van der Waals surface area contributed by atoms with Crippen molar-refractivity contribution in [2.75, 3.05) is 19.7 Å². The van der Waals surface area contributed by atoms with Gasteiger partial charge in [0.05, 0.1) is 6.10 Å². The van der Waals surface area contributed by atoms with E-state index in [1.54, 1.807) is 36.1 Å². The lowest BCUT2D eigenvalue weighted by Crippen LogP contribution is -2.43. The molecule has 1 aliphatic rings. The standard InChI is InChI=1S/C21H27N3O7/c1-14(20(28)24-8-6-17(7-9-24)30-12-19(26)27)10-18(25)16-4-2-15(3-5-16)11-23-21(29)31-13-22/h2-5,13-14,17,22H,6-12H2,1H3,(H,23,29)(H,26,27)/t14-/m1/s1. The topological polar surface area (TPSA) is 146 Å². The lowest BCUT2D eigenvalue weighted by atomic mass is 9.96. The van der Waals surface area contributed by atoms with E-state index >= 15 is 0 Å². The maximum absolute atomic E-state index is 12.7. The maximum Gasteiger partial charge on any atom is 0.413 e. The minimum atomic E-state index is -1.01. The molecule has 168 valence electrons. The Morgan fingerprint density at radius 3 is 2.45 bits per heavy atom. The van der Waals surface area contributed by atoms with Gasteiger partial charge in [0.25, 0.3) is 0 Å². The highest BCUT2D eigenvalue weighted by Crippen LogP contribution is 2.19. The number of nitrogens with zero attached hydrogens (tertiary/aromatic N) is 1. The van der Waals surface area contributed by atoms with Crippen molar-refractivity contribution >= 4 is 30.2 Å². The summed E-state index contributed by atoms with van der Waals surface area (Å²) in [5.41, 5.74) is 1.24. The molecule has 1 saturated heterocycles. The van der Waals surface area contributed by atoms with Crippen LogP contribution in [0.3, 0.4) is 0 Å². The van der Waals surface area contributed by atoms with Gasteiger partial charge in [-0.3, -0.25) is 15.0 Å². The predicted molar refractivity (Wildman–Crippen MR) is 110 cm³/mol. The van der Waals surface area contributed by atoms with E-state index in [0.717, 1.165) is 5.56 Å². The number of likely N-dealkylation sites (tertiary alicyclic amines) is 1. The summed E-state index contributed by atoms with van der Waals surface area (Å²) in [6.07, 6.45) is 0.856. The van der Waals surface area contributed by atoms with Gasteiger partial charge in [-0.15, -0.1) is 0 Å². The molecular weight excluding hydrogens is 406 g/mol. The van der Waals surface area contributed by atoms with Crippen LogP contribution in [0.1, 0.15) is 42.1 Å². The Bertz CT molecular complexity index is 802. The van der Waals surface area contributed by atoms with Gasteiger partial charge < -0.3 is 24.8 Å². The molecule has 1 aliphatic heterocycles. The fraction of sp³-hybridized carbons (Fsp3) is 0.476. The van der Waals surface area contributed by atoms with Gasteiger partial charge in [0.1, 0.15) is 6.61 Å². The summed E-state index contributed by atoms with van der Waals surface area (Å²) in [6, 6.07) is 6.69.